The van der Waals surface area contributed by atoms with Gasteiger partial charge in [-0.3, -0.25) is 0 Å². The highest BCUT2D eigenvalue weighted by molar-refractivity contribution is 4.56. The first-order valence-corrected chi connectivity index (χ1v) is 6.24. The first-order chi connectivity index (χ1) is 8.49. The van der Waals surface area contributed by atoms with Gasteiger partial charge in [-0.25, -0.2) is 0 Å². The van der Waals surface area contributed by atoms with Gasteiger partial charge in [0.2, 0.25) is 0 Å². The second kappa shape index (κ2) is 10.7. The lowest BCUT2D eigenvalue weighted by Gasteiger charge is -2.20. The number of hydrogen-bond donors (Lipinski definition) is 3. The lowest BCUT2D eigenvalue weighted by molar-refractivity contribution is -0.0875. The lowest BCUT2D eigenvalue weighted by Crippen LogP contribution is -2.28. The van der Waals surface area contributed by atoms with E-state index < -0.39 is 6.10 Å². The van der Waals surface area contributed by atoms with Crippen LogP contribution >= 0.6 is 0 Å². The molecule has 4 unspecified atom stereocenters. The van der Waals surface area contributed by atoms with Crippen LogP contribution in [0, 0.1) is 0 Å². The van der Waals surface area contributed by atoms with Crippen LogP contribution in [0.2, 0.25) is 0 Å². The topological polar surface area (TPSA) is 88.4 Å². The Morgan fingerprint density at radius 2 is 1.17 bits per heavy atom. The van der Waals surface area contributed by atoms with Crippen molar-refractivity contribution >= 4 is 0 Å². The first kappa shape index (κ1) is 17.8. The molecule has 0 saturated heterocycles. The van der Waals surface area contributed by atoms with Crippen molar-refractivity contribution in [2.24, 2.45) is 0 Å². The molecule has 0 spiro atoms. The summed E-state index contributed by atoms with van der Waals surface area (Å²) in [6.45, 7) is 6.06. The van der Waals surface area contributed by atoms with Gasteiger partial charge in [-0.1, -0.05) is 0 Å². The predicted octanol–water partition coefficient (Wildman–Crippen LogP) is -0.453. The summed E-state index contributed by atoms with van der Waals surface area (Å²) in [4.78, 5) is 0. The summed E-state index contributed by atoms with van der Waals surface area (Å²) in [5.74, 6) is 0. The van der Waals surface area contributed by atoms with E-state index in [1.807, 2.05) is 13.8 Å². The molecule has 0 heterocycles. The molecular formula is C12H26O6. The Morgan fingerprint density at radius 1 is 0.722 bits per heavy atom. The highest BCUT2D eigenvalue weighted by Gasteiger charge is 2.10. The van der Waals surface area contributed by atoms with Crippen LogP contribution in [0.5, 0.6) is 0 Å². The third-order valence-corrected chi connectivity index (χ3v) is 2.27. The molecular weight excluding hydrogens is 240 g/mol. The summed E-state index contributed by atoms with van der Waals surface area (Å²) in [6.07, 6.45) is -1.29. The fourth-order valence-corrected chi connectivity index (χ4v) is 1.08. The molecule has 6 heteroatoms. The zero-order valence-electron chi connectivity index (χ0n) is 11.4. The van der Waals surface area contributed by atoms with E-state index in [1.54, 1.807) is 6.92 Å². The Hall–Kier alpha value is -0.240. The monoisotopic (exact) mass is 266 g/mol. The maximum atomic E-state index is 9.10. The van der Waals surface area contributed by atoms with E-state index in [0.29, 0.717) is 13.2 Å². The van der Waals surface area contributed by atoms with Crippen molar-refractivity contribution in [3.8, 4) is 0 Å². The Balaban J connectivity index is 3.55. The third kappa shape index (κ3) is 9.76. The standard InChI is InChI=1S/C12H26O6/c1-9(4-13)16-6-10(2)17-7-11(3)18-8-12(15)5-14/h9-15H,4-8H2,1-3H3. The number of aliphatic hydroxyl groups excluding tert-OH is 3. The summed E-state index contributed by atoms with van der Waals surface area (Å²) < 4.78 is 16.1. The van der Waals surface area contributed by atoms with Crippen LogP contribution in [0.1, 0.15) is 20.8 Å². The minimum Gasteiger partial charge on any atom is -0.394 e. The van der Waals surface area contributed by atoms with Crippen LogP contribution in [-0.4, -0.2) is 72.8 Å². The third-order valence-electron chi connectivity index (χ3n) is 2.27. The molecule has 0 aromatic rings. The Morgan fingerprint density at radius 3 is 1.61 bits per heavy atom. The van der Waals surface area contributed by atoms with E-state index in [9.17, 15) is 0 Å². The summed E-state index contributed by atoms with van der Waals surface area (Å²) in [6, 6.07) is 0. The smallest absolute Gasteiger partial charge is 0.100 e. The van der Waals surface area contributed by atoms with Crippen molar-refractivity contribution in [3.63, 3.8) is 0 Å². The fourth-order valence-electron chi connectivity index (χ4n) is 1.08. The van der Waals surface area contributed by atoms with Gasteiger partial charge < -0.3 is 29.5 Å². The van der Waals surface area contributed by atoms with E-state index >= 15 is 0 Å². The highest BCUT2D eigenvalue weighted by Crippen LogP contribution is 2.00. The van der Waals surface area contributed by atoms with Gasteiger partial charge in [0.25, 0.3) is 0 Å². The van der Waals surface area contributed by atoms with Crippen LogP contribution in [0.15, 0.2) is 0 Å². The molecule has 4 atom stereocenters. The molecule has 0 amide bonds. The molecule has 0 saturated carbocycles. The average Bonchev–Trinajstić information content (AvgIpc) is 2.39. The number of hydrogen-bond acceptors (Lipinski definition) is 6. The minimum atomic E-state index is -0.849. The Bertz CT molecular complexity index is 169. The molecule has 110 valence electrons. The maximum Gasteiger partial charge on any atom is 0.100 e. The first-order valence-electron chi connectivity index (χ1n) is 6.24. The fraction of sp³-hybridized carbons (Fsp3) is 1.00. The van der Waals surface area contributed by atoms with Crippen LogP contribution < -0.4 is 0 Å². The van der Waals surface area contributed by atoms with Crippen LogP contribution in [-0.2, 0) is 14.2 Å². The predicted molar refractivity (Wildman–Crippen MR) is 66.4 cm³/mol. The van der Waals surface area contributed by atoms with Gasteiger partial charge in [-0.05, 0) is 20.8 Å². The molecule has 3 N–H and O–H groups in total. The summed E-state index contributed by atoms with van der Waals surface area (Å²) in [5, 5.41) is 26.5. The van der Waals surface area contributed by atoms with Crippen LogP contribution in [0.3, 0.4) is 0 Å². The van der Waals surface area contributed by atoms with Crippen LogP contribution in [0.25, 0.3) is 0 Å². The van der Waals surface area contributed by atoms with Crippen molar-refractivity contribution in [3.05, 3.63) is 0 Å². The molecule has 0 aromatic carbocycles. The summed E-state index contributed by atoms with van der Waals surface area (Å²) in [5.41, 5.74) is 0. The number of aliphatic hydroxyl groups is 3. The van der Waals surface area contributed by atoms with E-state index in [2.05, 4.69) is 0 Å². The van der Waals surface area contributed by atoms with E-state index in [-0.39, 0.29) is 38.1 Å². The quantitative estimate of drug-likeness (QED) is 0.469. The van der Waals surface area contributed by atoms with Gasteiger partial charge in [0.1, 0.15) is 6.10 Å². The van der Waals surface area contributed by atoms with Crippen molar-refractivity contribution in [2.75, 3.05) is 33.0 Å². The zero-order valence-corrected chi connectivity index (χ0v) is 11.4. The lowest BCUT2D eigenvalue weighted by atomic mass is 10.3. The van der Waals surface area contributed by atoms with Crippen molar-refractivity contribution in [1.82, 2.24) is 0 Å². The van der Waals surface area contributed by atoms with E-state index in [0.717, 1.165) is 0 Å². The minimum absolute atomic E-state index is 0.00865. The normalized spacial score (nSPS) is 18.3. The number of ether oxygens (including phenoxy) is 3. The SMILES string of the molecule is CC(CO)OCC(C)OCC(C)OCC(O)CO. The summed E-state index contributed by atoms with van der Waals surface area (Å²) >= 11 is 0. The second-order valence-corrected chi connectivity index (χ2v) is 4.45. The van der Waals surface area contributed by atoms with Crippen LogP contribution in [0.4, 0.5) is 0 Å². The Kier molecular flexibility index (Phi) is 10.5. The molecule has 0 aliphatic carbocycles. The van der Waals surface area contributed by atoms with Crippen molar-refractivity contribution in [1.29, 1.82) is 0 Å². The molecule has 0 rings (SSSR count). The van der Waals surface area contributed by atoms with Gasteiger partial charge in [0.05, 0.1) is 51.3 Å². The molecule has 0 bridgehead atoms. The molecule has 6 nitrogen and oxygen atoms in total. The number of rotatable bonds is 11. The molecule has 0 fully saturated rings. The van der Waals surface area contributed by atoms with Crippen molar-refractivity contribution < 1.29 is 29.5 Å². The molecule has 0 radical (unpaired) electrons. The Labute approximate surface area is 108 Å². The van der Waals surface area contributed by atoms with Gasteiger partial charge in [0.15, 0.2) is 0 Å². The van der Waals surface area contributed by atoms with Gasteiger partial charge in [-0.2, -0.15) is 0 Å². The highest BCUT2D eigenvalue weighted by atomic mass is 16.6. The van der Waals surface area contributed by atoms with E-state index in [1.165, 1.54) is 0 Å². The van der Waals surface area contributed by atoms with Gasteiger partial charge in [0, 0.05) is 0 Å². The molecule has 0 aliphatic heterocycles. The largest absolute Gasteiger partial charge is 0.394 e. The average molecular weight is 266 g/mol. The molecule has 0 aromatic heterocycles. The summed E-state index contributed by atoms with van der Waals surface area (Å²) in [7, 11) is 0. The van der Waals surface area contributed by atoms with Gasteiger partial charge in [-0.15, -0.1) is 0 Å². The van der Waals surface area contributed by atoms with Gasteiger partial charge >= 0.3 is 0 Å². The maximum absolute atomic E-state index is 9.10. The van der Waals surface area contributed by atoms with Crippen molar-refractivity contribution in [2.45, 2.75) is 45.2 Å². The molecule has 0 aliphatic rings. The second-order valence-electron chi connectivity index (χ2n) is 4.45. The molecule has 18 heavy (non-hydrogen) atoms. The van der Waals surface area contributed by atoms with E-state index in [4.69, 9.17) is 29.5 Å². The zero-order chi connectivity index (χ0) is 14.0.